The third kappa shape index (κ3) is 12.5. The number of phenolic OH excluding ortho intramolecular Hbond substituents is 2. The van der Waals surface area contributed by atoms with Gasteiger partial charge in [0.15, 0.2) is 0 Å². The summed E-state index contributed by atoms with van der Waals surface area (Å²) in [6.07, 6.45) is 12.0. The van der Waals surface area contributed by atoms with Gasteiger partial charge in [0.25, 0.3) is 0 Å². The Kier molecular flexibility index (Phi) is 17.6. The molecule has 0 unspecified atom stereocenters. The minimum Gasteiger partial charge on any atom is -0.507 e. The first-order valence-corrected chi connectivity index (χ1v) is 14.9. The molecule has 5 heteroatoms. The first kappa shape index (κ1) is 35.8. The Hall–Kier alpha value is -1.16. The fourth-order valence-electron chi connectivity index (χ4n) is 4.28. The van der Waals surface area contributed by atoms with Crippen LogP contribution in [0.2, 0.25) is 0 Å². The number of aromatic hydroxyl groups is 2. The maximum absolute atomic E-state index is 10.5. The van der Waals surface area contributed by atoms with Crippen molar-refractivity contribution in [3.05, 3.63) is 47.5 Å². The second-order valence-electron chi connectivity index (χ2n) is 11.3. The van der Waals surface area contributed by atoms with E-state index in [9.17, 15) is 10.2 Å². The Balaban J connectivity index is 0.00000196. The fraction of sp³-hybridized carbons (Fsp3) is 0.625. The summed E-state index contributed by atoms with van der Waals surface area (Å²) >= 11 is 1.46. The quantitative estimate of drug-likeness (QED) is 0.155. The minimum absolute atomic E-state index is 0. The average Bonchev–Trinajstić information content (AvgIpc) is 2.82. The number of nitrogens with two attached hydrogens (primary N) is 1. The van der Waals surface area contributed by atoms with Crippen LogP contribution in [0.25, 0.3) is 0 Å². The van der Waals surface area contributed by atoms with Gasteiger partial charge >= 0.3 is 0 Å². The number of hydrogen-bond donors (Lipinski definition) is 3. The maximum Gasteiger partial charge on any atom is 0.129 e. The average molecular weight is 575 g/mol. The molecule has 0 saturated heterocycles. The molecular weight excluding hydrogens is 521 g/mol. The Morgan fingerprint density at radius 2 is 1.03 bits per heavy atom. The number of rotatable bonds is 14. The zero-order valence-electron chi connectivity index (χ0n) is 24.4. The maximum atomic E-state index is 10.5. The van der Waals surface area contributed by atoms with E-state index in [0.29, 0.717) is 0 Å². The number of phenols is 2. The van der Waals surface area contributed by atoms with Crippen LogP contribution in [-0.4, -0.2) is 16.8 Å². The van der Waals surface area contributed by atoms with Gasteiger partial charge in [-0.15, -0.1) is 0 Å². The van der Waals surface area contributed by atoms with Crippen LogP contribution in [-0.2, 0) is 27.3 Å². The number of hydrogen-bond acceptors (Lipinski definition) is 4. The number of benzene rings is 2. The molecule has 4 N–H and O–H groups in total. The molecule has 0 bridgehead atoms. The molecule has 2 aromatic carbocycles. The molecule has 0 saturated carbocycles. The third-order valence-electron chi connectivity index (χ3n) is 7.07. The Labute approximate surface area is 242 Å². The largest absolute Gasteiger partial charge is 0.507 e. The Morgan fingerprint density at radius 3 is 1.32 bits per heavy atom. The topological polar surface area (TPSA) is 66.5 Å². The summed E-state index contributed by atoms with van der Waals surface area (Å²) in [4.78, 5) is 1.61. The van der Waals surface area contributed by atoms with Gasteiger partial charge in [-0.05, 0) is 72.0 Å². The van der Waals surface area contributed by atoms with Gasteiger partial charge in [-0.3, -0.25) is 0 Å². The van der Waals surface area contributed by atoms with Crippen LogP contribution in [0.4, 0.5) is 0 Å². The monoisotopic (exact) mass is 573 g/mol. The van der Waals surface area contributed by atoms with Crippen molar-refractivity contribution in [2.45, 2.75) is 133 Å². The second kappa shape index (κ2) is 18.2. The molecule has 0 atom stereocenters. The summed E-state index contributed by atoms with van der Waals surface area (Å²) in [5.41, 5.74) is 7.73. The van der Waals surface area contributed by atoms with E-state index in [4.69, 9.17) is 5.73 Å². The van der Waals surface area contributed by atoms with Gasteiger partial charge < -0.3 is 15.9 Å². The summed E-state index contributed by atoms with van der Waals surface area (Å²) in [5.74, 6) is 0.537. The van der Waals surface area contributed by atoms with E-state index in [1.54, 1.807) is 12.1 Å². The van der Waals surface area contributed by atoms with E-state index in [1.165, 1.54) is 74.3 Å². The van der Waals surface area contributed by atoms with Crippen LogP contribution in [0.5, 0.6) is 11.5 Å². The molecule has 0 aliphatic carbocycles. The first-order valence-electron chi connectivity index (χ1n) is 14.1. The normalized spacial score (nSPS) is 11.5. The minimum atomic E-state index is 0. The zero-order valence-corrected chi connectivity index (χ0v) is 26.2. The van der Waals surface area contributed by atoms with Crippen molar-refractivity contribution in [2.75, 3.05) is 6.54 Å². The van der Waals surface area contributed by atoms with Gasteiger partial charge in [0, 0.05) is 16.5 Å². The number of unbranched alkanes of at least 4 members (excludes halogenated alkanes) is 5. The van der Waals surface area contributed by atoms with Crippen LogP contribution in [0, 0.1) is 0 Å². The summed E-state index contributed by atoms with van der Waals surface area (Å²) in [7, 11) is 0. The Morgan fingerprint density at radius 1 is 0.649 bits per heavy atom. The van der Waals surface area contributed by atoms with Gasteiger partial charge in [0.1, 0.15) is 11.5 Å². The van der Waals surface area contributed by atoms with Crippen molar-refractivity contribution < 1.29 is 26.7 Å². The van der Waals surface area contributed by atoms with Crippen molar-refractivity contribution in [1.82, 2.24) is 0 Å². The molecule has 214 valence electrons. The molecule has 2 rings (SSSR count). The summed E-state index contributed by atoms with van der Waals surface area (Å²) in [6, 6.07) is 11.9. The van der Waals surface area contributed by atoms with Gasteiger partial charge in [-0.2, -0.15) is 0 Å². The van der Waals surface area contributed by atoms with Crippen molar-refractivity contribution in [2.24, 2.45) is 5.73 Å². The molecule has 0 radical (unpaired) electrons. The van der Waals surface area contributed by atoms with Crippen LogP contribution in [0.1, 0.15) is 124 Å². The molecule has 0 aliphatic heterocycles. The van der Waals surface area contributed by atoms with Crippen LogP contribution in [0.3, 0.4) is 0 Å². The zero-order chi connectivity index (χ0) is 27.2. The summed E-state index contributed by atoms with van der Waals surface area (Å²) in [5, 5.41) is 21.1. The van der Waals surface area contributed by atoms with Crippen LogP contribution in [0.15, 0.2) is 46.2 Å². The molecule has 0 spiro atoms. The third-order valence-corrected chi connectivity index (χ3v) is 8.16. The first-order chi connectivity index (χ1) is 17.0. The van der Waals surface area contributed by atoms with E-state index in [-0.39, 0.29) is 38.8 Å². The van der Waals surface area contributed by atoms with E-state index >= 15 is 0 Å². The Bertz CT molecular complexity index is 827. The molecule has 0 aromatic heterocycles. The SMILES string of the molecule is CCCCCC(C)(C)c1ccc(O)c(Sc2cc(C(C)(C)CCCCC)ccc2O)c1.CCCCN.[Ni]. The molecule has 2 aromatic rings. The van der Waals surface area contributed by atoms with Gasteiger partial charge in [0.2, 0.25) is 0 Å². The molecule has 0 amide bonds. The molecule has 0 aliphatic rings. The molecule has 0 fully saturated rings. The molecule has 0 heterocycles. The van der Waals surface area contributed by atoms with Gasteiger partial charge in [0.05, 0.1) is 9.79 Å². The predicted octanol–water partition coefficient (Wildman–Crippen LogP) is 9.71. The van der Waals surface area contributed by atoms with Crippen LogP contribution >= 0.6 is 11.8 Å². The summed E-state index contributed by atoms with van der Waals surface area (Å²) in [6.45, 7) is 16.5. The van der Waals surface area contributed by atoms with Gasteiger partial charge in [-0.1, -0.05) is 117 Å². The smallest absolute Gasteiger partial charge is 0.129 e. The van der Waals surface area contributed by atoms with Crippen molar-refractivity contribution in [3.8, 4) is 11.5 Å². The van der Waals surface area contributed by atoms with Crippen molar-refractivity contribution in [1.29, 1.82) is 0 Å². The van der Waals surface area contributed by atoms with Gasteiger partial charge in [-0.25, -0.2) is 0 Å². The predicted molar refractivity (Wildman–Crippen MR) is 159 cm³/mol. The summed E-state index contributed by atoms with van der Waals surface area (Å²) < 4.78 is 0. The molecular formula is C32H53NNiO2S. The molecule has 3 nitrogen and oxygen atoms in total. The standard InChI is InChI=1S/C28H42O2S.C4H11N.Ni/c1-7-9-11-17-27(3,4)21-13-15-23(29)25(19-21)31-26-20-22(14-16-24(26)30)28(5,6)18-12-10-8-2;1-2-3-4-5;/h13-16,19-20,29-30H,7-12,17-18H2,1-6H3;2-5H2,1H3;. The fourth-order valence-corrected chi connectivity index (χ4v) is 5.23. The van der Waals surface area contributed by atoms with E-state index in [1.807, 2.05) is 12.1 Å². The van der Waals surface area contributed by atoms with Crippen molar-refractivity contribution >= 4 is 11.8 Å². The van der Waals surface area contributed by atoms with E-state index < -0.39 is 0 Å². The molecule has 37 heavy (non-hydrogen) atoms. The van der Waals surface area contributed by atoms with E-state index in [2.05, 4.69) is 60.6 Å². The second-order valence-corrected chi connectivity index (χ2v) is 12.4. The van der Waals surface area contributed by atoms with Crippen molar-refractivity contribution in [3.63, 3.8) is 0 Å². The van der Waals surface area contributed by atoms with Crippen LogP contribution < -0.4 is 5.73 Å². The van der Waals surface area contributed by atoms with E-state index in [0.717, 1.165) is 29.2 Å².